The summed E-state index contributed by atoms with van der Waals surface area (Å²) in [6.45, 7) is 10.4. The first-order chi connectivity index (χ1) is 11.1. The van der Waals surface area contributed by atoms with Crippen LogP contribution in [0.4, 0.5) is 0 Å². The van der Waals surface area contributed by atoms with Crippen LogP contribution >= 0.6 is 35.3 Å². The molecule has 0 radical (unpaired) electrons. The molecule has 3 atom stereocenters. The van der Waals surface area contributed by atoms with E-state index in [1.165, 1.54) is 5.04 Å². The van der Waals surface area contributed by atoms with Crippen molar-refractivity contribution in [2.75, 3.05) is 17.3 Å². The first kappa shape index (κ1) is 18.3. The van der Waals surface area contributed by atoms with E-state index in [9.17, 15) is 4.79 Å². The summed E-state index contributed by atoms with van der Waals surface area (Å²) >= 11 is 5.22. The molecule has 0 fully saturated rings. The Morgan fingerprint density at radius 3 is 2.04 bits per heavy atom. The van der Waals surface area contributed by atoms with Crippen molar-refractivity contribution in [3.8, 4) is 0 Å². The maximum absolute atomic E-state index is 11.7. The van der Waals surface area contributed by atoms with Gasteiger partial charge in [-0.05, 0) is 20.8 Å². The molecule has 0 saturated heterocycles. The minimum absolute atomic E-state index is 0.233. The van der Waals surface area contributed by atoms with Gasteiger partial charge in [-0.1, -0.05) is 13.8 Å². The number of nitrogens with two attached hydrogens (primary N) is 1. The highest BCUT2D eigenvalue weighted by Gasteiger charge is 2.48. The number of thioether (sulfide) groups is 3. The van der Waals surface area contributed by atoms with Crippen molar-refractivity contribution in [1.29, 1.82) is 0 Å². The van der Waals surface area contributed by atoms with E-state index < -0.39 is 5.54 Å². The third-order valence-corrected chi connectivity index (χ3v) is 9.07. The van der Waals surface area contributed by atoms with Gasteiger partial charge in [-0.2, -0.15) is 0 Å². The lowest BCUT2D eigenvalue weighted by molar-refractivity contribution is -0.121. The van der Waals surface area contributed by atoms with Gasteiger partial charge in [0.25, 0.3) is 0 Å². The Morgan fingerprint density at radius 1 is 0.958 bits per heavy atom. The summed E-state index contributed by atoms with van der Waals surface area (Å²) in [6.07, 6.45) is 0. The van der Waals surface area contributed by atoms with E-state index in [-0.39, 0.29) is 17.0 Å². The summed E-state index contributed by atoms with van der Waals surface area (Å²) < 4.78 is 0. The molecular formula is C16H24N4OS3. The lowest BCUT2D eigenvalue weighted by Crippen LogP contribution is -2.40. The van der Waals surface area contributed by atoms with Crippen LogP contribution in [0.3, 0.4) is 0 Å². The molecule has 24 heavy (non-hydrogen) atoms. The number of amides is 1. The van der Waals surface area contributed by atoms with Crippen molar-refractivity contribution in [2.24, 2.45) is 26.6 Å². The Kier molecular flexibility index (Phi) is 4.62. The fourth-order valence-corrected chi connectivity index (χ4v) is 6.76. The van der Waals surface area contributed by atoms with Crippen LogP contribution < -0.4 is 5.73 Å². The number of aliphatic imine (C=N–C) groups is 3. The van der Waals surface area contributed by atoms with E-state index in [2.05, 4.69) is 32.7 Å². The van der Waals surface area contributed by atoms with E-state index in [0.717, 1.165) is 21.6 Å². The molecule has 0 saturated carbocycles. The molecule has 3 aliphatic heterocycles. The van der Waals surface area contributed by atoms with Gasteiger partial charge in [0.15, 0.2) is 0 Å². The van der Waals surface area contributed by atoms with Gasteiger partial charge in [0.1, 0.15) is 16.6 Å². The van der Waals surface area contributed by atoms with E-state index in [1.807, 2.05) is 11.8 Å². The largest absolute Gasteiger partial charge is 0.368 e. The summed E-state index contributed by atoms with van der Waals surface area (Å²) in [5.41, 5.74) is 4.10. The fraction of sp³-hybridized carbons (Fsp3) is 0.750. The number of nitrogens with zero attached hydrogens (tertiary/aromatic N) is 3. The minimum Gasteiger partial charge on any atom is -0.368 e. The van der Waals surface area contributed by atoms with Gasteiger partial charge in [-0.15, -0.1) is 35.3 Å². The molecule has 3 rings (SSSR count). The molecule has 5 nitrogen and oxygen atoms in total. The molecule has 8 heteroatoms. The summed E-state index contributed by atoms with van der Waals surface area (Å²) in [7, 11) is 0. The van der Waals surface area contributed by atoms with Crippen LogP contribution in [0.15, 0.2) is 15.0 Å². The SMILES string of the molecule is CC(C)C1=N[C@@](C)(C2=N[C@](C)(C3=N[C@](C)(C(N)=O)CS3)CS2)CS1. The fourth-order valence-electron chi connectivity index (χ4n) is 2.71. The molecule has 2 N–H and O–H groups in total. The lowest BCUT2D eigenvalue weighted by Gasteiger charge is -2.21. The van der Waals surface area contributed by atoms with Gasteiger partial charge in [-0.25, -0.2) is 0 Å². The van der Waals surface area contributed by atoms with Crippen molar-refractivity contribution in [3.05, 3.63) is 0 Å². The van der Waals surface area contributed by atoms with E-state index in [4.69, 9.17) is 15.7 Å². The van der Waals surface area contributed by atoms with Gasteiger partial charge >= 0.3 is 0 Å². The first-order valence-corrected chi connectivity index (χ1v) is 11.0. The monoisotopic (exact) mass is 384 g/mol. The summed E-state index contributed by atoms with van der Waals surface area (Å²) in [5, 5.41) is 3.22. The Morgan fingerprint density at radius 2 is 1.50 bits per heavy atom. The number of rotatable bonds is 4. The second-order valence-corrected chi connectivity index (χ2v) is 10.4. The van der Waals surface area contributed by atoms with Crippen LogP contribution in [0.5, 0.6) is 0 Å². The van der Waals surface area contributed by atoms with Crippen LogP contribution in [0, 0.1) is 5.92 Å². The van der Waals surface area contributed by atoms with E-state index in [1.54, 1.807) is 30.4 Å². The Bertz CT molecular complexity index is 674. The maximum Gasteiger partial charge on any atom is 0.245 e. The summed E-state index contributed by atoms with van der Waals surface area (Å²) in [6, 6.07) is 0. The van der Waals surface area contributed by atoms with Crippen LogP contribution in [0.1, 0.15) is 34.6 Å². The Labute approximate surface area is 156 Å². The normalized spacial score (nSPS) is 39.2. The maximum atomic E-state index is 11.7. The predicted octanol–water partition coefficient (Wildman–Crippen LogP) is 2.84. The van der Waals surface area contributed by atoms with Crippen molar-refractivity contribution in [3.63, 3.8) is 0 Å². The second-order valence-electron chi connectivity index (χ2n) is 7.49. The number of hydrogen-bond acceptors (Lipinski definition) is 7. The smallest absolute Gasteiger partial charge is 0.245 e. The van der Waals surface area contributed by atoms with Crippen molar-refractivity contribution in [2.45, 2.75) is 51.2 Å². The summed E-state index contributed by atoms with van der Waals surface area (Å²) in [4.78, 5) is 26.3. The molecule has 0 unspecified atom stereocenters. The molecular weight excluding hydrogens is 360 g/mol. The second kappa shape index (κ2) is 6.06. The minimum atomic E-state index is -0.804. The van der Waals surface area contributed by atoms with Crippen LogP contribution in [0.25, 0.3) is 0 Å². The highest BCUT2D eigenvalue weighted by Crippen LogP contribution is 2.44. The van der Waals surface area contributed by atoms with Gasteiger partial charge in [-0.3, -0.25) is 19.8 Å². The number of carbonyl (C=O) groups excluding carboxylic acids is 1. The zero-order valence-electron chi connectivity index (χ0n) is 14.8. The average Bonchev–Trinajstić information content (AvgIpc) is 3.18. The highest BCUT2D eigenvalue weighted by atomic mass is 32.2. The van der Waals surface area contributed by atoms with E-state index in [0.29, 0.717) is 11.7 Å². The van der Waals surface area contributed by atoms with Gasteiger partial charge < -0.3 is 5.73 Å². The number of primary amides is 1. The molecule has 3 heterocycles. The summed E-state index contributed by atoms with van der Waals surface area (Å²) in [5.74, 6) is 2.48. The lowest BCUT2D eigenvalue weighted by atomic mass is 10.0. The standard InChI is InChI=1S/C16H24N4OS3/c1-9(2)10-18-15(4,7-22-10)12-20-16(5,8-24-12)13-19-14(3,6-23-13)11(17)21/h9H,6-8H2,1-5H3,(H2,17,21)/t14-,15+,16-/m0/s1. The third-order valence-electron chi connectivity index (χ3n) is 4.48. The van der Waals surface area contributed by atoms with Crippen molar-refractivity contribution < 1.29 is 4.79 Å². The van der Waals surface area contributed by atoms with Crippen molar-refractivity contribution in [1.82, 2.24) is 0 Å². The topological polar surface area (TPSA) is 80.2 Å². The zero-order valence-corrected chi connectivity index (χ0v) is 17.2. The third kappa shape index (κ3) is 3.05. The molecule has 0 spiro atoms. The molecule has 132 valence electrons. The van der Waals surface area contributed by atoms with Crippen LogP contribution in [-0.4, -0.2) is 54.9 Å². The quantitative estimate of drug-likeness (QED) is 0.808. The highest BCUT2D eigenvalue weighted by molar-refractivity contribution is 8.17. The van der Waals surface area contributed by atoms with E-state index >= 15 is 0 Å². The molecule has 3 aliphatic rings. The van der Waals surface area contributed by atoms with Gasteiger partial charge in [0.2, 0.25) is 5.91 Å². The zero-order chi connectivity index (χ0) is 17.8. The van der Waals surface area contributed by atoms with Gasteiger partial charge in [0.05, 0.1) is 15.1 Å². The first-order valence-electron chi connectivity index (χ1n) is 8.07. The molecule has 0 aromatic carbocycles. The predicted molar refractivity (Wildman–Crippen MR) is 109 cm³/mol. The molecule has 0 bridgehead atoms. The number of carbonyl (C=O) groups is 1. The Hall–Kier alpha value is -0.470. The molecule has 0 aliphatic carbocycles. The molecule has 0 aromatic rings. The average molecular weight is 385 g/mol. The van der Waals surface area contributed by atoms with Crippen LogP contribution in [-0.2, 0) is 4.79 Å². The number of hydrogen-bond donors (Lipinski definition) is 1. The van der Waals surface area contributed by atoms with Crippen LogP contribution in [0.2, 0.25) is 0 Å². The molecule has 1 amide bonds. The van der Waals surface area contributed by atoms with Crippen molar-refractivity contribution >= 4 is 56.3 Å². The molecule has 0 aromatic heterocycles. The van der Waals surface area contributed by atoms with Gasteiger partial charge in [0, 0.05) is 23.2 Å². The Balaban J connectivity index is 1.87.